The number of amides is 1. The van der Waals surface area contributed by atoms with Gasteiger partial charge in [0.15, 0.2) is 0 Å². The molecule has 1 unspecified atom stereocenters. The highest BCUT2D eigenvalue weighted by Crippen LogP contribution is 2.22. The van der Waals surface area contributed by atoms with E-state index in [1.165, 1.54) is 10.4 Å². The SMILES string of the molecule is CCc1sc(C(=O)NC(CO)CC(C)C)cc1C. The number of thiophene rings is 1. The van der Waals surface area contributed by atoms with Gasteiger partial charge in [-0.3, -0.25) is 4.79 Å². The van der Waals surface area contributed by atoms with Gasteiger partial charge in [-0.1, -0.05) is 20.8 Å². The summed E-state index contributed by atoms with van der Waals surface area (Å²) in [5, 5.41) is 12.2. The molecule has 1 aromatic heterocycles. The van der Waals surface area contributed by atoms with Gasteiger partial charge in [0.1, 0.15) is 0 Å². The van der Waals surface area contributed by atoms with Gasteiger partial charge in [0.25, 0.3) is 5.91 Å². The molecule has 1 amide bonds. The Morgan fingerprint density at radius 1 is 1.50 bits per heavy atom. The molecule has 0 aliphatic carbocycles. The number of hydrogen-bond acceptors (Lipinski definition) is 3. The Morgan fingerprint density at radius 2 is 2.17 bits per heavy atom. The van der Waals surface area contributed by atoms with Crippen molar-refractivity contribution >= 4 is 17.2 Å². The van der Waals surface area contributed by atoms with Crippen LogP contribution >= 0.6 is 11.3 Å². The summed E-state index contributed by atoms with van der Waals surface area (Å²) in [4.78, 5) is 14.1. The number of rotatable bonds is 6. The van der Waals surface area contributed by atoms with Crippen LogP contribution in [0.2, 0.25) is 0 Å². The van der Waals surface area contributed by atoms with E-state index < -0.39 is 0 Å². The molecule has 0 radical (unpaired) electrons. The van der Waals surface area contributed by atoms with E-state index in [0.29, 0.717) is 5.92 Å². The fourth-order valence-electron chi connectivity index (χ4n) is 1.99. The van der Waals surface area contributed by atoms with Crippen molar-refractivity contribution in [2.45, 2.75) is 46.6 Å². The third kappa shape index (κ3) is 4.10. The lowest BCUT2D eigenvalue weighted by Gasteiger charge is -2.17. The lowest BCUT2D eigenvalue weighted by molar-refractivity contribution is 0.0912. The average Bonchev–Trinajstić information content (AvgIpc) is 2.69. The van der Waals surface area contributed by atoms with Gasteiger partial charge in [0.05, 0.1) is 17.5 Å². The van der Waals surface area contributed by atoms with E-state index in [1.807, 2.05) is 13.0 Å². The summed E-state index contributed by atoms with van der Waals surface area (Å²) in [6, 6.07) is 1.79. The molecular weight excluding hydrogens is 246 g/mol. The minimum absolute atomic E-state index is 0.00505. The summed E-state index contributed by atoms with van der Waals surface area (Å²) < 4.78 is 0. The predicted octanol–water partition coefficient (Wildman–Crippen LogP) is 2.76. The molecule has 1 heterocycles. The van der Waals surface area contributed by atoms with Crippen molar-refractivity contribution in [1.29, 1.82) is 0 Å². The van der Waals surface area contributed by atoms with Crippen molar-refractivity contribution in [3.05, 3.63) is 21.4 Å². The summed E-state index contributed by atoms with van der Waals surface area (Å²) in [6.45, 7) is 8.28. The molecule has 4 heteroatoms. The third-order valence-corrected chi connectivity index (χ3v) is 4.26. The Kier molecular flexibility index (Phi) is 5.82. The summed E-state index contributed by atoms with van der Waals surface area (Å²) >= 11 is 1.55. The first-order valence-corrected chi connectivity index (χ1v) is 7.30. The highest BCUT2D eigenvalue weighted by atomic mass is 32.1. The van der Waals surface area contributed by atoms with Crippen LogP contribution in [0.4, 0.5) is 0 Å². The van der Waals surface area contributed by atoms with Crippen LogP contribution in [-0.4, -0.2) is 23.7 Å². The first-order chi connectivity index (χ1) is 8.47. The second kappa shape index (κ2) is 6.90. The topological polar surface area (TPSA) is 49.3 Å². The normalized spacial score (nSPS) is 12.8. The Labute approximate surface area is 113 Å². The van der Waals surface area contributed by atoms with Crippen LogP contribution in [0, 0.1) is 12.8 Å². The van der Waals surface area contributed by atoms with E-state index in [1.54, 1.807) is 11.3 Å². The zero-order valence-corrected chi connectivity index (χ0v) is 12.4. The highest BCUT2D eigenvalue weighted by molar-refractivity contribution is 7.14. The van der Waals surface area contributed by atoms with E-state index in [2.05, 4.69) is 26.1 Å². The van der Waals surface area contributed by atoms with Crippen molar-refractivity contribution in [3.63, 3.8) is 0 Å². The number of nitrogens with one attached hydrogen (secondary N) is 1. The maximum atomic E-state index is 12.1. The molecule has 0 fully saturated rings. The van der Waals surface area contributed by atoms with E-state index in [4.69, 9.17) is 0 Å². The first kappa shape index (κ1) is 15.2. The Morgan fingerprint density at radius 3 is 2.61 bits per heavy atom. The second-order valence-corrected chi connectivity index (χ2v) is 6.19. The summed E-state index contributed by atoms with van der Waals surface area (Å²) in [6.07, 6.45) is 1.76. The highest BCUT2D eigenvalue weighted by Gasteiger charge is 2.16. The first-order valence-electron chi connectivity index (χ1n) is 6.48. The molecule has 3 nitrogen and oxygen atoms in total. The van der Waals surface area contributed by atoms with Crippen molar-refractivity contribution < 1.29 is 9.90 Å². The number of aliphatic hydroxyl groups is 1. The summed E-state index contributed by atoms with van der Waals surface area (Å²) in [5.74, 6) is 0.390. The van der Waals surface area contributed by atoms with Crippen LogP contribution in [0.5, 0.6) is 0 Å². The molecule has 102 valence electrons. The average molecular weight is 269 g/mol. The van der Waals surface area contributed by atoms with Gasteiger partial charge >= 0.3 is 0 Å². The van der Waals surface area contributed by atoms with Gasteiger partial charge in [-0.05, 0) is 37.3 Å². The van der Waals surface area contributed by atoms with Crippen LogP contribution in [-0.2, 0) is 6.42 Å². The van der Waals surface area contributed by atoms with Crippen LogP contribution in [0.15, 0.2) is 6.07 Å². The Balaban J connectivity index is 2.68. The smallest absolute Gasteiger partial charge is 0.261 e. The third-order valence-electron chi connectivity index (χ3n) is 2.88. The number of aryl methyl sites for hydroxylation is 2. The molecular formula is C14H23NO2S. The minimum Gasteiger partial charge on any atom is -0.394 e. The molecule has 2 N–H and O–H groups in total. The van der Waals surface area contributed by atoms with E-state index in [0.717, 1.165) is 17.7 Å². The molecule has 0 aromatic carbocycles. The number of carbonyl (C=O) groups excluding carboxylic acids is 1. The number of carbonyl (C=O) groups is 1. The molecule has 0 aliphatic heterocycles. The van der Waals surface area contributed by atoms with E-state index >= 15 is 0 Å². The predicted molar refractivity (Wildman–Crippen MR) is 76.2 cm³/mol. The standard InChI is InChI=1S/C14H23NO2S/c1-5-12-10(4)7-13(18-12)14(17)15-11(8-16)6-9(2)3/h7,9,11,16H,5-6,8H2,1-4H3,(H,15,17). The Bertz CT molecular complexity index is 398. The van der Waals surface area contributed by atoms with Crippen molar-refractivity contribution in [3.8, 4) is 0 Å². The molecule has 0 saturated carbocycles. The van der Waals surface area contributed by atoms with Crippen molar-refractivity contribution in [2.24, 2.45) is 5.92 Å². The molecule has 0 bridgehead atoms. The van der Waals surface area contributed by atoms with Gasteiger partial charge in [-0.15, -0.1) is 11.3 Å². The zero-order chi connectivity index (χ0) is 13.7. The van der Waals surface area contributed by atoms with Gasteiger partial charge in [0.2, 0.25) is 0 Å². The number of hydrogen-bond donors (Lipinski definition) is 2. The lowest BCUT2D eigenvalue weighted by atomic mass is 10.0. The largest absolute Gasteiger partial charge is 0.394 e. The van der Waals surface area contributed by atoms with Crippen molar-refractivity contribution in [2.75, 3.05) is 6.61 Å². The Hall–Kier alpha value is -0.870. The van der Waals surface area contributed by atoms with Crippen LogP contribution < -0.4 is 5.32 Å². The zero-order valence-electron chi connectivity index (χ0n) is 11.6. The summed E-state index contributed by atoms with van der Waals surface area (Å²) in [7, 11) is 0. The molecule has 1 aromatic rings. The molecule has 0 spiro atoms. The maximum Gasteiger partial charge on any atom is 0.261 e. The van der Waals surface area contributed by atoms with Crippen LogP contribution in [0.1, 0.15) is 47.3 Å². The van der Waals surface area contributed by atoms with Gasteiger partial charge in [-0.25, -0.2) is 0 Å². The number of aliphatic hydroxyl groups excluding tert-OH is 1. The van der Waals surface area contributed by atoms with Crippen LogP contribution in [0.25, 0.3) is 0 Å². The molecule has 0 aliphatic rings. The lowest BCUT2D eigenvalue weighted by Crippen LogP contribution is -2.38. The van der Waals surface area contributed by atoms with Crippen molar-refractivity contribution in [1.82, 2.24) is 5.32 Å². The molecule has 18 heavy (non-hydrogen) atoms. The maximum absolute atomic E-state index is 12.1. The summed E-state index contributed by atoms with van der Waals surface area (Å²) in [5.41, 5.74) is 1.18. The molecule has 1 rings (SSSR count). The van der Waals surface area contributed by atoms with Gasteiger partial charge in [-0.2, -0.15) is 0 Å². The quantitative estimate of drug-likeness (QED) is 0.834. The molecule has 1 atom stereocenters. The van der Waals surface area contributed by atoms with E-state index in [-0.39, 0.29) is 18.6 Å². The van der Waals surface area contributed by atoms with Gasteiger partial charge < -0.3 is 10.4 Å². The monoisotopic (exact) mass is 269 g/mol. The molecule has 0 saturated heterocycles. The minimum atomic E-state index is -0.148. The van der Waals surface area contributed by atoms with E-state index in [9.17, 15) is 9.90 Å². The van der Waals surface area contributed by atoms with Gasteiger partial charge in [0, 0.05) is 4.88 Å². The van der Waals surface area contributed by atoms with Crippen LogP contribution in [0.3, 0.4) is 0 Å². The fraction of sp³-hybridized carbons (Fsp3) is 0.643. The second-order valence-electron chi connectivity index (χ2n) is 5.05. The fourth-order valence-corrected chi connectivity index (χ4v) is 3.00.